The van der Waals surface area contributed by atoms with E-state index in [0.29, 0.717) is 19.7 Å². The van der Waals surface area contributed by atoms with Gasteiger partial charge >= 0.3 is 6.09 Å². The minimum Gasteiger partial charge on any atom is -0.465 e. The Labute approximate surface area is 191 Å². The second-order valence-electron chi connectivity index (χ2n) is 8.21. The number of hydrogen-bond acceptors (Lipinski definition) is 5. The average molecular weight is 446 g/mol. The van der Waals surface area contributed by atoms with Crippen LogP contribution >= 0.6 is 0 Å². The van der Waals surface area contributed by atoms with Crippen LogP contribution in [0.5, 0.6) is 0 Å². The summed E-state index contributed by atoms with van der Waals surface area (Å²) in [6.07, 6.45) is 1.98. The zero-order valence-electron chi connectivity index (χ0n) is 18.5. The number of hydrogen-bond donors (Lipinski definition) is 2. The number of rotatable bonds is 6. The number of amides is 1. The van der Waals surface area contributed by atoms with E-state index < -0.39 is 12.3 Å². The first-order chi connectivity index (χ1) is 16.2. The van der Waals surface area contributed by atoms with E-state index in [4.69, 9.17) is 9.72 Å². The number of nitrogens with zero attached hydrogens (tertiary/aromatic N) is 4. The fourth-order valence-electron chi connectivity index (χ4n) is 4.57. The second kappa shape index (κ2) is 9.07. The molecule has 8 nitrogen and oxygen atoms in total. The number of likely N-dealkylation sites (tertiary alicyclic amines) is 1. The number of aromatic nitrogens is 3. The van der Waals surface area contributed by atoms with Gasteiger partial charge in [0.2, 0.25) is 5.95 Å². The number of fused-ring (bicyclic) bond motifs is 2. The molecule has 0 aliphatic carbocycles. The molecule has 1 aliphatic heterocycles. The first kappa shape index (κ1) is 21.2. The van der Waals surface area contributed by atoms with Crippen molar-refractivity contribution < 1.29 is 14.6 Å². The predicted molar refractivity (Wildman–Crippen MR) is 127 cm³/mol. The molecule has 2 N–H and O–H groups in total. The minimum atomic E-state index is -0.861. The number of anilines is 1. The summed E-state index contributed by atoms with van der Waals surface area (Å²) in [5, 5.41) is 13.9. The third-order valence-electron chi connectivity index (χ3n) is 6.18. The molecule has 2 aromatic carbocycles. The summed E-state index contributed by atoms with van der Waals surface area (Å²) >= 11 is 0. The van der Waals surface area contributed by atoms with E-state index in [-0.39, 0.29) is 6.04 Å². The Morgan fingerprint density at radius 2 is 1.94 bits per heavy atom. The monoisotopic (exact) mass is 445 g/mol. The van der Waals surface area contributed by atoms with Gasteiger partial charge in [0.05, 0.1) is 16.6 Å². The number of ether oxygens (including phenoxy) is 1. The van der Waals surface area contributed by atoms with Gasteiger partial charge in [-0.1, -0.05) is 36.4 Å². The molecule has 1 aliphatic rings. The van der Waals surface area contributed by atoms with E-state index in [1.165, 1.54) is 4.90 Å². The quantitative estimate of drug-likeness (QED) is 0.446. The second-order valence-corrected chi connectivity index (χ2v) is 8.21. The summed E-state index contributed by atoms with van der Waals surface area (Å²) in [5.41, 5.74) is 3.72. The van der Waals surface area contributed by atoms with Crippen LogP contribution < -0.4 is 5.32 Å². The molecule has 5 rings (SSSR count). The van der Waals surface area contributed by atoms with Gasteiger partial charge in [-0.3, -0.25) is 9.55 Å². The lowest BCUT2D eigenvalue weighted by molar-refractivity contribution is 0.0460. The number of carboxylic acid groups (broad SMARTS) is 1. The van der Waals surface area contributed by atoms with E-state index in [2.05, 4.69) is 33.1 Å². The number of imidazole rings is 1. The molecule has 1 atom stereocenters. The number of nitrogens with one attached hydrogen (secondary N) is 1. The maximum Gasteiger partial charge on any atom is 0.407 e. The largest absolute Gasteiger partial charge is 0.465 e. The fraction of sp³-hybridized carbons (Fsp3) is 0.320. The number of piperidine rings is 1. The van der Waals surface area contributed by atoms with Crippen molar-refractivity contribution in [1.29, 1.82) is 0 Å². The van der Waals surface area contributed by atoms with Gasteiger partial charge in [-0.05, 0) is 38.0 Å². The summed E-state index contributed by atoms with van der Waals surface area (Å²) < 4.78 is 8.43. The Kier molecular flexibility index (Phi) is 5.83. The van der Waals surface area contributed by atoms with Crippen LogP contribution in [0.15, 0.2) is 60.8 Å². The normalized spacial score (nSPS) is 15.7. The fourth-order valence-corrected chi connectivity index (χ4v) is 4.57. The van der Waals surface area contributed by atoms with E-state index in [0.717, 1.165) is 46.3 Å². The molecule has 2 aromatic heterocycles. The lowest BCUT2D eigenvalue weighted by Gasteiger charge is -2.31. The predicted octanol–water partition coefficient (Wildman–Crippen LogP) is 4.72. The average Bonchev–Trinajstić information content (AvgIpc) is 3.20. The first-order valence-corrected chi connectivity index (χ1v) is 11.3. The SMILES string of the molecule is CCOC(c1cccc2cccnc12)n1c(NC2CCN(C(=O)O)CC2)nc2ccccc21. The van der Waals surface area contributed by atoms with Crippen molar-refractivity contribution >= 4 is 34.0 Å². The van der Waals surface area contributed by atoms with Crippen molar-refractivity contribution in [2.75, 3.05) is 25.0 Å². The van der Waals surface area contributed by atoms with Gasteiger partial charge in [0.1, 0.15) is 0 Å². The zero-order chi connectivity index (χ0) is 22.8. The van der Waals surface area contributed by atoms with Crippen LogP contribution in [0.2, 0.25) is 0 Å². The lowest BCUT2D eigenvalue weighted by atomic mass is 10.1. The molecule has 33 heavy (non-hydrogen) atoms. The van der Waals surface area contributed by atoms with Crippen LogP contribution in [0, 0.1) is 0 Å². The van der Waals surface area contributed by atoms with Gasteiger partial charge in [-0.15, -0.1) is 0 Å². The highest BCUT2D eigenvalue weighted by Gasteiger charge is 2.27. The molecular formula is C25H27N5O3. The Balaban J connectivity index is 1.57. The highest BCUT2D eigenvalue weighted by atomic mass is 16.5. The van der Waals surface area contributed by atoms with Crippen LogP contribution in [-0.2, 0) is 4.74 Å². The standard InChI is InChI=1S/C25H27N5O3/c1-2-33-23(19-9-5-7-17-8-6-14-26-22(17)19)30-21-11-4-3-10-20(21)28-24(30)27-18-12-15-29(16-13-18)25(31)32/h3-11,14,18,23H,2,12-13,15-16H2,1H3,(H,27,28)(H,31,32). The summed E-state index contributed by atoms with van der Waals surface area (Å²) in [7, 11) is 0. The molecule has 4 aromatic rings. The maximum atomic E-state index is 11.3. The third-order valence-corrected chi connectivity index (χ3v) is 6.18. The molecule has 170 valence electrons. The van der Waals surface area contributed by atoms with Crippen molar-refractivity contribution in [3.05, 3.63) is 66.4 Å². The Hall–Kier alpha value is -3.65. The van der Waals surface area contributed by atoms with Crippen LogP contribution in [0.3, 0.4) is 0 Å². The smallest absolute Gasteiger partial charge is 0.407 e. The van der Waals surface area contributed by atoms with Crippen molar-refractivity contribution in [2.24, 2.45) is 0 Å². The van der Waals surface area contributed by atoms with Gasteiger partial charge in [0.15, 0.2) is 6.23 Å². The van der Waals surface area contributed by atoms with Crippen LogP contribution in [0.25, 0.3) is 21.9 Å². The van der Waals surface area contributed by atoms with Crippen molar-refractivity contribution in [1.82, 2.24) is 19.4 Å². The molecule has 1 saturated heterocycles. The summed E-state index contributed by atoms with van der Waals surface area (Å²) in [5.74, 6) is 0.719. The molecule has 8 heteroatoms. The maximum absolute atomic E-state index is 11.3. The molecule has 0 bridgehead atoms. The van der Waals surface area contributed by atoms with Crippen molar-refractivity contribution in [3.63, 3.8) is 0 Å². The van der Waals surface area contributed by atoms with E-state index in [9.17, 15) is 9.90 Å². The van der Waals surface area contributed by atoms with Crippen LogP contribution in [-0.4, -0.2) is 56.4 Å². The Bertz CT molecular complexity index is 1270. The molecular weight excluding hydrogens is 418 g/mol. The first-order valence-electron chi connectivity index (χ1n) is 11.3. The van der Waals surface area contributed by atoms with Gasteiger partial charge in [0, 0.05) is 42.9 Å². The van der Waals surface area contributed by atoms with Gasteiger partial charge in [-0.2, -0.15) is 0 Å². The minimum absolute atomic E-state index is 0.129. The highest BCUT2D eigenvalue weighted by molar-refractivity contribution is 5.83. The summed E-state index contributed by atoms with van der Waals surface area (Å²) in [6, 6.07) is 18.3. The highest BCUT2D eigenvalue weighted by Crippen LogP contribution is 2.33. The Morgan fingerprint density at radius 3 is 2.73 bits per heavy atom. The molecule has 0 radical (unpaired) electrons. The summed E-state index contributed by atoms with van der Waals surface area (Å²) in [4.78, 5) is 22.3. The zero-order valence-corrected chi connectivity index (χ0v) is 18.5. The van der Waals surface area contributed by atoms with Crippen LogP contribution in [0.4, 0.5) is 10.7 Å². The number of para-hydroxylation sites is 3. The topological polar surface area (TPSA) is 92.5 Å². The third kappa shape index (κ3) is 4.09. The van der Waals surface area contributed by atoms with Gasteiger partial charge < -0.3 is 20.1 Å². The molecule has 3 heterocycles. The van der Waals surface area contributed by atoms with E-state index in [1.807, 2.05) is 43.3 Å². The van der Waals surface area contributed by atoms with Gasteiger partial charge in [0.25, 0.3) is 0 Å². The van der Waals surface area contributed by atoms with E-state index >= 15 is 0 Å². The van der Waals surface area contributed by atoms with Crippen molar-refractivity contribution in [3.8, 4) is 0 Å². The molecule has 1 fully saturated rings. The number of pyridine rings is 1. The van der Waals surface area contributed by atoms with E-state index in [1.54, 1.807) is 6.20 Å². The van der Waals surface area contributed by atoms with Gasteiger partial charge in [-0.25, -0.2) is 9.78 Å². The molecule has 1 amide bonds. The number of carbonyl (C=O) groups is 1. The number of benzene rings is 2. The summed E-state index contributed by atoms with van der Waals surface area (Å²) in [6.45, 7) is 3.53. The Morgan fingerprint density at radius 1 is 1.15 bits per heavy atom. The van der Waals surface area contributed by atoms with Crippen molar-refractivity contribution in [2.45, 2.75) is 32.0 Å². The molecule has 1 unspecified atom stereocenters. The van der Waals surface area contributed by atoms with Crippen LogP contribution in [0.1, 0.15) is 31.6 Å². The molecule has 0 spiro atoms. The lowest BCUT2D eigenvalue weighted by Crippen LogP contribution is -2.42. The molecule has 0 saturated carbocycles.